The molecular weight excluding hydrogens is 617 g/mol. The minimum atomic E-state index is -4.64. The minimum Gasteiger partial charge on any atom is -0.367 e. The Kier molecular flexibility index (Phi) is 16.2. The molecule has 0 amide bonds. The molecule has 0 bridgehead atoms. The average Bonchev–Trinajstić information content (AvgIpc) is 2.84. The Bertz CT molecular complexity index is 1330. The Labute approximate surface area is 249 Å². The minimum absolute atomic E-state index is 0.296. The van der Waals surface area contributed by atoms with Crippen molar-refractivity contribution in [1.29, 1.82) is 0 Å². The van der Waals surface area contributed by atoms with E-state index >= 15 is 0 Å². The summed E-state index contributed by atoms with van der Waals surface area (Å²) in [7, 11) is -9.28. The van der Waals surface area contributed by atoms with E-state index in [-0.39, 0.29) is 0 Å². The van der Waals surface area contributed by atoms with E-state index in [1.54, 1.807) is 0 Å². The van der Waals surface area contributed by atoms with Gasteiger partial charge in [-0.15, -0.1) is 0 Å². The lowest BCUT2D eigenvalue weighted by molar-refractivity contribution is 0.272. The molecule has 1 unspecified atom stereocenters. The molecule has 0 radical (unpaired) electrons. The van der Waals surface area contributed by atoms with Gasteiger partial charge in [-0.3, -0.25) is 0 Å². The Morgan fingerprint density at radius 2 is 1.51 bits per heavy atom. The maximum absolute atomic E-state index is 8.88. The largest absolute Gasteiger partial charge is 0.466 e. The highest BCUT2D eigenvalue weighted by Crippen LogP contribution is 2.27. The van der Waals surface area contributed by atoms with Crippen molar-refractivity contribution >= 4 is 67.7 Å². The molecule has 0 saturated carbocycles. The van der Waals surface area contributed by atoms with Crippen molar-refractivity contribution < 1.29 is 38.5 Å². The van der Waals surface area contributed by atoms with Gasteiger partial charge in [0.05, 0.1) is 5.52 Å². The van der Waals surface area contributed by atoms with Gasteiger partial charge in [0.15, 0.2) is 5.82 Å². The number of aromatic nitrogens is 2. The summed E-state index contributed by atoms with van der Waals surface area (Å²) in [5.74, 6) is 1.45. The SMILES string of the molecule is CCN(CC)CCCC(C)Nc1nc(C=Cc2ccccc2Cl)nc2cc(Cl)ccc12.O=P(O)(O)O.O=P(O)(O)O. The molecule has 1 atom stereocenters. The van der Waals surface area contributed by atoms with Gasteiger partial charge in [-0.05, 0) is 81.4 Å². The monoisotopic (exact) mass is 652 g/mol. The summed E-state index contributed by atoms with van der Waals surface area (Å²) in [5, 5.41) is 5.91. The van der Waals surface area contributed by atoms with E-state index in [9.17, 15) is 0 Å². The zero-order chi connectivity index (χ0) is 31.2. The van der Waals surface area contributed by atoms with Crippen molar-refractivity contribution in [3.63, 3.8) is 0 Å². The highest BCUT2D eigenvalue weighted by molar-refractivity contribution is 7.45. The number of hydrogen-bond donors (Lipinski definition) is 7. The number of benzene rings is 2. The Balaban J connectivity index is 0.000000722. The molecular formula is C25H36Cl2N4O8P2. The standard InChI is InChI=1S/C25H30Cl2N4.2H3O4P/c1-4-31(5-2)16-8-9-18(3)28-25-21-14-13-20(26)17-23(21)29-24(30-25)15-12-19-10-6-7-11-22(19)27;2*1-5(2,3)4/h6-7,10-15,17-18H,4-5,8-9,16H2,1-3H3,(H,28,29,30);2*(H3,1,2,3,4). The third-order valence-electron chi connectivity index (χ3n) is 5.38. The van der Waals surface area contributed by atoms with E-state index in [0.29, 0.717) is 21.9 Å². The average molecular weight is 653 g/mol. The molecule has 3 rings (SSSR count). The maximum Gasteiger partial charge on any atom is 0.466 e. The predicted octanol–water partition coefficient (Wildman–Crippen LogP) is 5.17. The number of nitrogens with zero attached hydrogens (tertiary/aromatic N) is 3. The highest BCUT2D eigenvalue weighted by Gasteiger charge is 2.11. The van der Waals surface area contributed by atoms with Gasteiger partial charge in [-0.1, -0.05) is 55.2 Å². The molecule has 16 heteroatoms. The van der Waals surface area contributed by atoms with Crippen LogP contribution >= 0.6 is 38.8 Å². The van der Waals surface area contributed by atoms with Crippen LogP contribution in [0.4, 0.5) is 5.82 Å². The van der Waals surface area contributed by atoms with Crippen molar-refractivity contribution in [1.82, 2.24) is 14.9 Å². The van der Waals surface area contributed by atoms with Gasteiger partial charge in [0, 0.05) is 21.5 Å². The number of phosphoric acid groups is 2. The van der Waals surface area contributed by atoms with Gasteiger partial charge in [-0.25, -0.2) is 19.1 Å². The van der Waals surface area contributed by atoms with Crippen LogP contribution in [0.3, 0.4) is 0 Å². The van der Waals surface area contributed by atoms with E-state index < -0.39 is 15.6 Å². The van der Waals surface area contributed by atoms with Crippen molar-refractivity contribution in [2.45, 2.75) is 39.7 Å². The smallest absolute Gasteiger partial charge is 0.367 e. The molecule has 7 N–H and O–H groups in total. The molecule has 0 aliphatic carbocycles. The number of fused-ring (bicyclic) bond motifs is 1. The van der Waals surface area contributed by atoms with E-state index in [0.717, 1.165) is 54.8 Å². The summed E-state index contributed by atoms with van der Waals surface area (Å²) >= 11 is 12.5. The lowest BCUT2D eigenvalue weighted by Gasteiger charge is -2.20. The van der Waals surface area contributed by atoms with Gasteiger partial charge in [0.1, 0.15) is 5.82 Å². The molecule has 0 aliphatic heterocycles. The molecule has 0 fully saturated rings. The van der Waals surface area contributed by atoms with Crippen LogP contribution in [0.1, 0.15) is 45.0 Å². The second-order valence-corrected chi connectivity index (χ2v) is 11.6. The first-order valence-electron chi connectivity index (χ1n) is 12.5. The van der Waals surface area contributed by atoms with E-state index in [1.807, 2.05) is 54.6 Å². The highest BCUT2D eigenvalue weighted by atomic mass is 35.5. The summed E-state index contributed by atoms with van der Waals surface area (Å²) < 4.78 is 17.8. The molecule has 2 aromatic carbocycles. The van der Waals surface area contributed by atoms with Crippen LogP contribution in [0.25, 0.3) is 23.1 Å². The summed E-state index contributed by atoms with van der Waals surface area (Å²) in [5.41, 5.74) is 1.75. The topological polar surface area (TPSA) is 197 Å². The predicted molar refractivity (Wildman–Crippen MR) is 164 cm³/mol. The van der Waals surface area contributed by atoms with E-state index in [4.69, 9.17) is 66.7 Å². The van der Waals surface area contributed by atoms with Crippen LogP contribution < -0.4 is 5.32 Å². The van der Waals surface area contributed by atoms with Gasteiger partial charge >= 0.3 is 15.6 Å². The summed E-state index contributed by atoms with van der Waals surface area (Å²) in [4.78, 5) is 55.0. The van der Waals surface area contributed by atoms with Crippen LogP contribution in [0, 0.1) is 0 Å². The van der Waals surface area contributed by atoms with E-state index in [1.165, 1.54) is 0 Å². The first-order valence-corrected chi connectivity index (χ1v) is 16.3. The number of halogens is 2. The van der Waals surface area contributed by atoms with Crippen LogP contribution in [0.15, 0.2) is 42.5 Å². The fourth-order valence-corrected chi connectivity index (χ4v) is 3.91. The number of nitrogens with one attached hydrogen (secondary N) is 1. The van der Waals surface area contributed by atoms with Gasteiger partial charge in [0.25, 0.3) is 0 Å². The van der Waals surface area contributed by atoms with Crippen LogP contribution in [0.5, 0.6) is 0 Å². The van der Waals surface area contributed by atoms with E-state index in [2.05, 4.69) is 36.0 Å². The summed E-state index contributed by atoms with van der Waals surface area (Å²) in [6.07, 6.45) is 6.04. The first kappa shape index (κ1) is 37.1. The van der Waals surface area contributed by atoms with Gasteiger partial charge in [-0.2, -0.15) is 0 Å². The second-order valence-electron chi connectivity index (χ2n) is 8.69. The zero-order valence-corrected chi connectivity index (χ0v) is 26.1. The molecule has 41 heavy (non-hydrogen) atoms. The lowest BCUT2D eigenvalue weighted by atomic mass is 10.1. The quantitative estimate of drug-likeness (QED) is 0.142. The molecule has 1 heterocycles. The van der Waals surface area contributed by atoms with Crippen molar-refractivity contribution in [3.8, 4) is 0 Å². The Morgan fingerprint density at radius 1 is 0.927 bits per heavy atom. The molecule has 0 spiro atoms. The maximum atomic E-state index is 8.88. The number of rotatable bonds is 10. The van der Waals surface area contributed by atoms with Crippen molar-refractivity contribution in [3.05, 3.63) is 63.9 Å². The molecule has 1 aromatic heterocycles. The summed E-state index contributed by atoms with van der Waals surface area (Å²) in [6.45, 7) is 9.92. The molecule has 0 aliphatic rings. The number of anilines is 1. The van der Waals surface area contributed by atoms with Crippen molar-refractivity contribution in [2.24, 2.45) is 0 Å². The lowest BCUT2D eigenvalue weighted by Crippen LogP contribution is -2.25. The molecule has 228 valence electrons. The fourth-order valence-electron chi connectivity index (χ4n) is 3.55. The first-order chi connectivity index (χ1) is 19.0. The third-order valence-corrected chi connectivity index (χ3v) is 5.96. The molecule has 3 aromatic rings. The van der Waals surface area contributed by atoms with Crippen LogP contribution in [-0.2, 0) is 9.13 Å². The Hall–Kier alpha value is -1.92. The normalized spacial score (nSPS) is 12.5. The van der Waals surface area contributed by atoms with Gasteiger partial charge in [0.2, 0.25) is 0 Å². The summed E-state index contributed by atoms with van der Waals surface area (Å²) in [6, 6.07) is 13.7. The Morgan fingerprint density at radius 3 is 2.07 bits per heavy atom. The number of hydrogen-bond acceptors (Lipinski definition) is 6. The van der Waals surface area contributed by atoms with Crippen LogP contribution in [-0.4, -0.2) is 69.9 Å². The third kappa shape index (κ3) is 17.6. The molecule has 12 nitrogen and oxygen atoms in total. The fraction of sp³-hybridized carbons (Fsp3) is 0.360. The van der Waals surface area contributed by atoms with Gasteiger partial charge < -0.3 is 39.6 Å². The zero-order valence-electron chi connectivity index (χ0n) is 22.8. The molecule has 0 saturated heterocycles. The second kappa shape index (κ2) is 17.9. The van der Waals surface area contributed by atoms with Crippen LogP contribution in [0.2, 0.25) is 10.0 Å². The van der Waals surface area contributed by atoms with Crippen molar-refractivity contribution in [2.75, 3.05) is 25.0 Å².